The molecule has 102 valence electrons. The molecule has 1 rings (SSSR count). The molecule has 0 amide bonds. The van der Waals surface area contributed by atoms with Gasteiger partial charge in [-0.3, -0.25) is 0 Å². The quantitative estimate of drug-likeness (QED) is 0.553. The fourth-order valence-electron chi connectivity index (χ4n) is 1.82. The third-order valence-corrected chi connectivity index (χ3v) is 2.81. The lowest BCUT2D eigenvalue weighted by Crippen LogP contribution is -2.14. The van der Waals surface area contributed by atoms with Gasteiger partial charge in [-0.05, 0) is 26.2 Å². The molecule has 18 heavy (non-hydrogen) atoms. The number of carbonyl (C=O) groups excluding carboxylic acids is 1. The van der Waals surface area contributed by atoms with Crippen LogP contribution in [0.5, 0.6) is 0 Å². The van der Waals surface area contributed by atoms with Gasteiger partial charge in [0, 0.05) is 6.54 Å². The molecule has 0 bridgehead atoms. The molecule has 1 heterocycles. The summed E-state index contributed by atoms with van der Waals surface area (Å²) in [5, 5.41) is 7.83. The summed E-state index contributed by atoms with van der Waals surface area (Å²) in [6.07, 6.45) is 3.39. The highest BCUT2D eigenvalue weighted by Crippen LogP contribution is 2.10. The molecule has 0 N–H and O–H groups in total. The van der Waals surface area contributed by atoms with Crippen molar-refractivity contribution < 1.29 is 9.53 Å². The van der Waals surface area contributed by atoms with Crippen LogP contribution in [0.1, 0.15) is 56.5 Å². The van der Waals surface area contributed by atoms with Gasteiger partial charge in [-0.1, -0.05) is 26.7 Å². The van der Waals surface area contributed by atoms with Crippen LogP contribution in [0.4, 0.5) is 0 Å². The van der Waals surface area contributed by atoms with E-state index in [4.69, 9.17) is 4.74 Å². The highest BCUT2D eigenvalue weighted by atomic mass is 16.5. The van der Waals surface area contributed by atoms with Crippen LogP contribution in [0.3, 0.4) is 0 Å². The van der Waals surface area contributed by atoms with Crippen molar-refractivity contribution in [2.45, 2.75) is 53.5 Å². The number of unbranched alkanes of at least 4 members (excludes halogenated alkanes) is 1. The Bertz CT molecular complexity index is 386. The zero-order chi connectivity index (χ0) is 13.5. The Morgan fingerprint density at radius 2 is 2.06 bits per heavy atom. The molecule has 0 unspecified atom stereocenters. The summed E-state index contributed by atoms with van der Waals surface area (Å²) < 4.78 is 6.81. The minimum Gasteiger partial charge on any atom is -0.460 e. The number of carbonyl (C=O) groups is 1. The number of nitrogens with zero attached hydrogens (tertiary/aromatic N) is 3. The SMILES string of the molecule is CCOC(=O)c1nnc(C)n1CCCCC(C)C. The molecule has 5 heteroatoms. The topological polar surface area (TPSA) is 57.0 Å². The first-order valence-corrected chi connectivity index (χ1v) is 6.63. The van der Waals surface area contributed by atoms with Crippen molar-refractivity contribution in [3.8, 4) is 0 Å². The first-order chi connectivity index (χ1) is 8.56. The first-order valence-electron chi connectivity index (χ1n) is 6.63. The molecule has 5 nitrogen and oxygen atoms in total. The fourth-order valence-corrected chi connectivity index (χ4v) is 1.82. The Kier molecular flexibility index (Phi) is 5.82. The Morgan fingerprint density at radius 3 is 2.67 bits per heavy atom. The molecule has 0 saturated heterocycles. The van der Waals surface area contributed by atoms with E-state index >= 15 is 0 Å². The maximum absolute atomic E-state index is 11.7. The standard InChI is InChI=1S/C13H23N3O2/c1-5-18-13(17)12-15-14-11(4)16(12)9-7-6-8-10(2)3/h10H,5-9H2,1-4H3. The molecule has 0 saturated carbocycles. The number of hydrogen-bond donors (Lipinski definition) is 0. The molecule has 0 aliphatic rings. The number of aromatic nitrogens is 3. The van der Waals surface area contributed by atoms with Crippen molar-refractivity contribution >= 4 is 5.97 Å². The average molecular weight is 253 g/mol. The normalized spacial score (nSPS) is 10.9. The predicted octanol–water partition coefficient (Wildman–Crippen LogP) is 2.59. The van der Waals surface area contributed by atoms with Crippen LogP contribution in [0.25, 0.3) is 0 Å². The highest BCUT2D eigenvalue weighted by Gasteiger charge is 2.17. The van der Waals surface area contributed by atoms with E-state index in [-0.39, 0.29) is 5.97 Å². The predicted molar refractivity (Wildman–Crippen MR) is 69.4 cm³/mol. The van der Waals surface area contributed by atoms with Crippen LogP contribution in [-0.2, 0) is 11.3 Å². The maximum atomic E-state index is 11.7. The van der Waals surface area contributed by atoms with Gasteiger partial charge in [-0.15, -0.1) is 10.2 Å². The fraction of sp³-hybridized carbons (Fsp3) is 0.769. The van der Waals surface area contributed by atoms with E-state index < -0.39 is 0 Å². The minimum atomic E-state index is -0.387. The van der Waals surface area contributed by atoms with E-state index in [1.807, 2.05) is 11.5 Å². The van der Waals surface area contributed by atoms with Crippen molar-refractivity contribution in [2.75, 3.05) is 6.61 Å². The largest absolute Gasteiger partial charge is 0.460 e. The number of esters is 1. The lowest BCUT2D eigenvalue weighted by atomic mass is 10.1. The third kappa shape index (κ3) is 4.13. The van der Waals surface area contributed by atoms with Crippen molar-refractivity contribution in [3.05, 3.63) is 11.6 Å². The summed E-state index contributed by atoms with van der Waals surface area (Å²) in [5.74, 6) is 1.42. The number of hydrogen-bond acceptors (Lipinski definition) is 4. The summed E-state index contributed by atoms with van der Waals surface area (Å²) in [7, 11) is 0. The molecule has 1 aromatic rings. The van der Waals surface area contributed by atoms with E-state index in [0.29, 0.717) is 12.4 Å². The monoisotopic (exact) mass is 253 g/mol. The van der Waals surface area contributed by atoms with E-state index in [9.17, 15) is 4.79 Å². The molecule has 0 aliphatic heterocycles. The summed E-state index contributed by atoms with van der Waals surface area (Å²) in [6, 6.07) is 0. The Hall–Kier alpha value is -1.39. The smallest absolute Gasteiger partial charge is 0.376 e. The number of aryl methyl sites for hydroxylation is 1. The molecule has 0 aliphatic carbocycles. The van der Waals surface area contributed by atoms with Crippen LogP contribution in [0, 0.1) is 12.8 Å². The lowest BCUT2D eigenvalue weighted by molar-refractivity contribution is 0.0505. The average Bonchev–Trinajstić information content (AvgIpc) is 2.66. The van der Waals surface area contributed by atoms with Gasteiger partial charge < -0.3 is 9.30 Å². The zero-order valence-corrected chi connectivity index (χ0v) is 11.8. The van der Waals surface area contributed by atoms with Crippen LogP contribution >= 0.6 is 0 Å². The van der Waals surface area contributed by atoms with Gasteiger partial charge in [0.1, 0.15) is 5.82 Å². The second-order valence-corrected chi connectivity index (χ2v) is 4.83. The molecular formula is C13H23N3O2. The van der Waals surface area contributed by atoms with Crippen LogP contribution in [-0.4, -0.2) is 27.3 Å². The Morgan fingerprint density at radius 1 is 1.33 bits per heavy atom. The molecule has 0 fully saturated rings. The second kappa shape index (κ2) is 7.13. The summed E-state index contributed by atoms with van der Waals surface area (Å²) in [4.78, 5) is 11.7. The van der Waals surface area contributed by atoms with Crippen LogP contribution in [0.2, 0.25) is 0 Å². The van der Waals surface area contributed by atoms with Gasteiger partial charge in [-0.2, -0.15) is 0 Å². The number of ether oxygens (including phenoxy) is 1. The summed E-state index contributed by atoms with van der Waals surface area (Å²) in [6.45, 7) is 9.21. The van der Waals surface area contributed by atoms with Gasteiger partial charge >= 0.3 is 5.97 Å². The first kappa shape index (κ1) is 14.7. The van der Waals surface area contributed by atoms with Crippen molar-refractivity contribution in [1.82, 2.24) is 14.8 Å². The van der Waals surface area contributed by atoms with E-state index in [2.05, 4.69) is 24.0 Å². The van der Waals surface area contributed by atoms with Crippen LogP contribution < -0.4 is 0 Å². The van der Waals surface area contributed by atoms with Crippen molar-refractivity contribution in [3.63, 3.8) is 0 Å². The second-order valence-electron chi connectivity index (χ2n) is 4.83. The minimum absolute atomic E-state index is 0.318. The van der Waals surface area contributed by atoms with Gasteiger partial charge in [-0.25, -0.2) is 4.79 Å². The molecule has 0 atom stereocenters. The molecule has 1 aromatic heterocycles. The number of rotatable bonds is 7. The molecule has 0 radical (unpaired) electrons. The lowest BCUT2D eigenvalue weighted by Gasteiger charge is -2.08. The van der Waals surface area contributed by atoms with Crippen LogP contribution in [0.15, 0.2) is 0 Å². The van der Waals surface area contributed by atoms with E-state index in [1.165, 1.54) is 6.42 Å². The molecule has 0 spiro atoms. The molecule has 0 aromatic carbocycles. The zero-order valence-electron chi connectivity index (χ0n) is 11.8. The van der Waals surface area contributed by atoms with Crippen molar-refractivity contribution in [1.29, 1.82) is 0 Å². The Labute approximate surface area is 109 Å². The maximum Gasteiger partial charge on any atom is 0.376 e. The van der Waals surface area contributed by atoms with Crippen molar-refractivity contribution in [2.24, 2.45) is 5.92 Å². The highest BCUT2D eigenvalue weighted by molar-refractivity contribution is 5.85. The Balaban J connectivity index is 2.58. The van der Waals surface area contributed by atoms with Gasteiger partial charge in [0.25, 0.3) is 0 Å². The van der Waals surface area contributed by atoms with Gasteiger partial charge in [0.2, 0.25) is 5.82 Å². The van der Waals surface area contributed by atoms with Gasteiger partial charge in [0.05, 0.1) is 6.61 Å². The summed E-state index contributed by atoms with van der Waals surface area (Å²) in [5.41, 5.74) is 0. The van der Waals surface area contributed by atoms with E-state index in [1.54, 1.807) is 6.92 Å². The van der Waals surface area contributed by atoms with Gasteiger partial charge in [0.15, 0.2) is 0 Å². The van der Waals surface area contributed by atoms with E-state index in [0.717, 1.165) is 31.1 Å². The molecular weight excluding hydrogens is 230 g/mol. The summed E-state index contributed by atoms with van der Waals surface area (Å²) >= 11 is 0. The third-order valence-electron chi connectivity index (χ3n) is 2.81.